The Morgan fingerprint density at radius 2 is 2.12 bits per heavy atom. The molecular formula is C12H18FN3O. The molecule has 1 aromatic rings. The molecule has 0 saturated heterocycles. The second-order valence-corrected chi connectivity index (χ2v) is 3.74. The number of primary amides is 1. The number of nitrogens with one attached hydrogen (secondary N) is 2. The van der Waals surface area contributed by atoms with Gasteiger partial charge in [0.15, 0.2) is 0 Å². The van der Waals surface area contributed by atoms with Crippen molar-refractivity contribution in [3.63, 3.8) is 0 Å². The summed E-state index contributed by atoms with van der Waals surface area (Å²) in [6.45, 7) is 5.84. The largest absolute Gasteiger partial charge is 0.383 e. The predicted octanol–water partition coefficient (Wildman–Crippen LogP) is 1.25. The van der Waals surface area contributed by atoms with Gasteiger partial charge in [0.05, 0.1) is 11.3 Å². The highest BCUT2D eigenvalue weighted by molar-refractivity contribution is 5.99. The van der Waals surface area contributed by atoms with Gasteiger partial charge in [-0.3, -0.25) is 4.79 Å². The smallest absolute Gasteiger partial charge is 0.250 e. The van der Waals surface area contributed by atoms with Gasteiger partial charge in [0, 0.05) is 18.7 Å². The normalized spacial score (nSPS) is 10.3. The average Bonchev–Trinajstić information content (AvgIpc) is 2.29. The molecule has 4 N–H and O–H groups in total. The molecule has 0 aliphatic carbocycles. The number of benzene rings is 1. The summed E-state index contributed by atoms with van der Waals surface area (Å²) >= 11 is 0. The third kappa shape index (κ3) is 3.42. The summed E-state index contributed by atoms with van der Waals surface area (Å²) in [5, 5.41) is 6.16. The van der Waals surface area contributed by atoms with E-state index in [0.29, 0.717) is 23.4 Å². The Morgan fingerprint density at radius 3 is 2.71 bits per heavy atom. The van der Waals surface area contributed by atoms with Crippen LogP contribution in [0.4, 0.5) is 10.1 Å². The molecule has 0 spiro atoms. The zero-order valence-electron chi connectivity index (χ0n) is 10.1. The molecule has 0 aliphatic heterocycles. The van der Waals surface area contributed by atoms with E-state index >= 15 is 0 Å². The second kappa shape index (κ2) is 6.20. The van der Waals surface area contributed by atoms with Gasteiger partial charge in [0.1, 0.15) is 5.82 Å². The lowest BCUT2D eigenvalue weighted by Crippen LogP contribution is -2.23. The molecule has 0 radical (unpaired) electrons. The maximum absolute atomic E-state index is 13.4. The Morgan fingerprint density at radius 1 is 1.41 bits per heavy atom. The zero-order chi connectivity index (χ0) is 12.8. The van der Waals surface area contributed by atoms with E-state index in [1.807, 2.05) is 6.92 Å². The number of halogens is 1. The van der Waals surface area contributed by atoms with Crippen molar-refractivity contribution >= 4 is 11.6 Å². The van der Waals surface area contributed by atoms with Gasteiger partial charge >= 0.3 is 0 Å². The standard InChI is InChI=1S/C12H18FN3O/c1-3-15-6-7-16-11-8(2)10(13)5-4-9(11)12(14)17/h4-5,15-16H,3,6-7H2,1-2H3,(H2,14,17). The number of hydrogen-bond acceptors (Lipinski definition) is 3. The third-order valence-electron chi connectivity index (χ3n) is 2.52. The first-order valence-electron chi connectivity index (χ1n) is 5.61. The van der Waals surface area contributed by atoms with Crippen molar-refractivity contribution in [3.8, 4) is 0 Å². The number of nitrogens with two attached hydrogens (primary N) is 1. The number of carbonyl (C=O) groups excluding carboxylic acids is 1. The number of anilines is 1. The summed E-state index contributed by atoms with van der Waals surface area (Å²) in [5.74, 6) is -0.903. The third-order valence-corrected chi connectivity index (χ3v) is 2.52. The van der Waals surface area contributed by atoms with Crippen LogP contribution in [0.15, 0.2) is 12.1 Å². The van der Waals surface area contributed by atoms with E-state index in [2.05, 4.69) is 10.6 Å². The van der Waals surface area contributed by atoms with Crippen molar-refractivity contribution in [1.29, 1.82) is 0 Å². The molecule has 0 aromatic heterocycles. The van der Waals surface area contributed by atoms with Crippen LogP contribution in [-0.4, -0.2) is 25.5 Å². The Bertz CT molecular complexity index is 407. The van der Waals surface area contributed by atoms with Crippen LogP contribution < -0.4 is 16.4 Å². The summed E-state index contributed by atoms with van der Waals surface area (Å²) in [4.78, 5) is 11.2. The number of amides is 1. The fourth-order valence-corrected chi connectivity index (χ4v) is 1.57. The fourth-order valence-electron chi connectivity index (χ4n) is 1.57. The Kier molecular flexibility index (Phi) is 4.90. The van der Waals surface area contributed by atoms with Gasteiger partial charge in [-0.05, 0) is 25.6 Å². The van der Waals surface area contributed by atoms with Crippen molar-refractivity contribution in [3.05, 3.63) is 29.1 Å². The van der Waals surface area contributed by atoms with E-state index < -0.39 is 5.91 Å². The highest BCUT2D eigenvalue weighted by Crippen LogP contribution is 2.22. The number of likely N-dealkylation sites (N-methyl/N-ethyl adjacent to an activating group) is 1. The van der Waals surface area contributed by atoms with Crippen molar-refractivity contribution in [2.75, 3.05) is 25.0 Å². The van der Waals surface area contributed by atoms with Gasteiger partial charge in [0.2, 0.25) is 0 Å². The van der Waals surface area contributed by atoms with Crippen LogP contribution in [0.5, 0.6) is 0 Å². The maximum atomic E-state index is 13.4. The van der Waals surface area contributed by atoms with E-state index in [1.165, 1.54) is 12.1 Å². The summed E-state index contributed by atoms with van der Waals surface area (Å²) in [6, 6.07) is 2.66. The van der Waals surface area contributed by atoms with Gasteiger partial charge in [-0.1, -0.05) is 6.92 Å². The molecule has 0 bridgehead atoms. The van der Waals surface area contributed by atoms with Gasteiger partial charge in [-0.25, -0.2) is 4.39 Å². The first-order chi connectivity index (χ1) is 8.07. The first kappa shape index (κ1) is 13.4. The van der Waals surface area contributed by atoms with E-state index in [0.717, 1.165) is 13.1 Å². The van der Waals surface area contributed by atoms with Gasteiger partial charge < -0.3 is 16.4 Å². The summed E-state index contributed by atoms with van der Waals surface area (Å²) in [5.41, 5.74) is 6.46. The SMILES string of the molecule is CCNCCNc1c(C(N)=O)ccc(F)c1C. The van der Waals surface area contributed by atoms with Crippen molar-refractivity contribution in [2.24, 2.45) is 5.73 Å². The molecule has 94 valence electrons. The highest BCUT2D eigenvalue weighted by atomic mass is 19.1. The topological polar surface area (TPSA) is 67.2 Å². The summed E-state index contributed by atoms with van der Waals surface area (Å²) in [6.07, 6.45) is 0. The molecule has 4 nitrogen and oxygen atoms in total. The van der Waals surface area contributed by atoms with Crippen molar-refractivity contribution in [1.82, 2.24) is 5.32 Å². The van der Waals surface area contributed by atoms with Crippen LogP contribution in [0.25, 0.3) is 0 Å². The molecule has 5 heteroatoms. The second-order valence-electron chi connectivity index (χ2n) is 3.74. The Hall–Kier alpha value is -1.62. The lowest BCUT2D eigenvalue weighted by atomic mass is 10.1. The van der Waals surface area contributed by atoms with Crippen LogP contribution >= 0.6 is 0 Å². The molecular weight excluding hydrogens is 221 g/mol. The maximum Gasteiger partial charge on any atom is 0.250 e. The molecule has 0 atom stereocenters. The van der Waals surface area contributed by atoms with Crippen LogP contribution in [0.2, 0.25) is 0 Å². The highest BCUT2D eigenvalue weighted by Gasteiger charge is 2.13. The number of carbonyl (C=O) groups is 1. The summed E-state index contributed by atoms with van der Waals surface area (Å²) < 4.78 is 13.4. The molecule has 0 unspecified atom stereocenters. The van der Waals surface area contributed by atoms with E-state index in [9.17, 15) is 9.18 Å². The van der Waals surface area contributed by atoms with Crippen molar-refractivity contribution < 1.29 is 9.18 Å². The molecule has 0 aliphatic rings. The zero-order valence-corrected chi connectivity index (χ0v) is 10.1. The lowest BCUT2D eigenvalue weighted by molar-refractivity contribution is 0.100. The molecule has 0 fully saturated rings. The van der Waals surface area contributed by atoms with E-state index in [4.69, 9.17) is 5.73 Å². The Labute approximate surface area is 100 Å². The molecule has 1 amide bonds. The van der Waals surface area contributed by atoms with Crippen molar-refractivity contribution in [2.45, 2.75) is 13.8 Å². The summed E-state index contributed by atoms with van der Waals surface area (Å²) in [7, 11) is 0. The lowest BCUT2D eigenvalue weighted by Gasteiger charge is -2.13. The van der Waals surface area contributed by atoms with Crippen LogP contribution in [0, 0.1) is 12.7 Å². The van der Waals surface area contributed by atoms with Crippen LogP contribution in [0.3, 0.4) is 0 Å². The van der Waals surface area contributed by atoms with E-state index in [-0.39, 0.29) is 5.82 Å². The molecule has 1 aromatic carbocycles. The quantitative estimate of drug-likeness (QED) is 0.655. The Balaban J connectivity index is 2.86. The predicted molar refractivity (Wildman–Crippen MR) is 66.7 cm³/mol. The number of rotatable bonds is 6. The van der Waals surface area contributed by atoms with Gasteiger partial charge in [-0.2, -0.15) is 0 Å². The van der Waals surface area contributed by atoms with Gasteiger partial charge in [0.25, 0.3) is 5.91 Å². The van der Waals surface area contributed by atoms with Crippen LogP contribution in [0.1, 0.15) is 22.8 Å². The minimum atomic E-state index is -0.556. The monoisotopic (exact) mass is 239 g/mol. The molecule has 17 heavy (non-hydrogen) atoms. The average molecular weight is 239 g/mol. The van der Waals surface area contributed by atoms with Gasteiger partial charge in [-0.15, -0.1) is 0 Å². The molecule has 0 saturated carbocycles. The fraction of sp³-hybridized carbons (Fsp3) is 0.417. The molecule has 1 rings (SSSR count). The molecule has 0 heterocycles. The number of hydrogen-bond donors (Lipinski definition) is 3. The minimum absolute atomic E-state index is 0.320. The first-order valence-corrected chi connectivity index (χ1v) is 5.61. The minimum Gasteiger partial charge on any atom is -0.383 e. The van der Waals surface area contributed by atoms with E-state index in [1.54, 1.807) is 6.92 Å². The van der Waals surface area contributed by atoms with Crippen LogP contribution in [-0.2, 0) is 0 Å².